The van der Waals surface area contributed by atoms with Gasteiger partial charge in [-0.2, -0.15) is 0 Å². The zero-order valence-electron chi connectivity index (χ0n) is 12.3. The summed E-state index contributed by atoms with van der Waals surface area (Å²) in [5.74, 6) is -0.605. The van der Waals surface area contributed by atoms with E-state index in [9.17, 15) is 14.9 Å². The van der Waals surface area contributed by atoms with Crippen LogP contribution in [0.5, 0.6) is 0 Å². The normalized spacial score (nSPS) is 10.7. The van der Waals surface area contributed by atoms with Crippen molar-refractivity contribution in [2.45, 2.75) is 6.92 Å². The molecular weight excluding hydrogens is 298 g/mol. The number of nitro groups is 1. The third-order valence-electron chi connectivity index (χ3n) is 3.35. The average Bonchev–Trinajstić information content (AvgIpc) is 2.99. The van der Waals surface area contributed by atoms with Crippen LogP contribution in [0.15, 0.2) is 48.8 Å². The molecule has 3 aromatic rings. The smallest absolute Gasteiger partial charge is 0.358 e. The van der Waals surface area contributed by atoms with Crippen LogP contribution in [0, 0.1) is 10.1 Å². The van der Waals surface area contributed by atoms with Gasteiger partial charge in [-0.25, -0.2) is 9.78 Å². The van der Waals surface area contributed by atoms with Crippen LogP contribution in [0.4, 0.5) is 5.69 Å². The fourth-order valence-electron chi connectivity index (χ4n) is 2.37. The highest BCUT2D eigenvalue weighted by atomic mass is 16.6. The van der Waals surface area contributed by atoms with Crippen molar-refractivity contribution >= 4 is 17.3 Å². The molecule has 0 aliphatic heterocycles. The van der Waals surface area contributed by atoms with Gasteiger partial charge in [-0.15, -0.1) is 0 Å². The van der Waals surface area contributed by atoms with Gasteiger partial charge in [0, 0.05) is 12.4 Å². The lowest BCUT2D eigenvalue weighted by molar-refractivity contribution is -0.382. The van der Waals surface area contributed by atoms with Crippen LogP contribution in [-0.4, -0.2) is 26.9 Å². The molecular formula is C16H13N3O4. The highest BCUT2D eigenvalue weighted by molar-refractivity contribution is 5.90. The van der Waals surface area contributed by atoms with Crippen LogP contribution in [0.3, 0.4) is 0 Å². The van der Waals surface area contributed by atoms with Gasteiger partial charge in [-0.3, -0.25) is 10.1 Å². The Morgan fingerprint density at radius 1 is 1.30 bits per heavy atom. The largest absolute Gasteiger partial charge is 0.461 e. The van der Waals surface area contributed by atoms with Gasteiger partial charge in [-0.1, -0.05) is 30.3 Å². The van der Waals surface area contributed by atoms with Crippen LogP contribution in [0.1, 0.15) is 17.4 Å². The van der Waals surface area contributed by atoms with Gasteiger partial charge in [0.15, 0.2) is 5.69 Å². The van der Waals surface area contributed by atoms with Gasteiger partial charge in [-0.05, 0) is 18.6 Å². The van der Waals surface area contributed by atoms with Crippen molar-refractivity contribution in [2.24, 2.45) is 0 Å². The van der Waals surface area contributed by atoms with E-state index in [-0.39, 0.29) is 23.6 Å². The Morgan fingerprint density at radius 2 is 2.04 bits per heavy atom. The van der Waals surface area contributed by atoms with E-state index in [0.717, 1.165) is 0 Å². The highest BCUT2D eigenvalue weighted by Crippen LogP contribution is 2.33. The Kier molecular flexibility index (Phi) is 3.76. The van der Waals surface area contributed by atoms with Gasteiger partial charge in [0.1, 0.15) is 0 Å². The summed E-state index contributed by atoms with van der Waals surface area (Å²) in [5.41, 5.74) is 1.17. The minimum Gasteiger partial charge on any atom is -0.461 e. The maximum absolute atomic E-state index is 11.8. The van der Waals surface area contributed by atoms with Gasteiger partial charge in [0.25, 0.3) is 0 Å². The molecule has 0 aliphatic rings. The molecule has 2 heterocycles. The number of esters is 1. The van der Waals surface area contributed by atoms with Crippen molar-refractivity contribution in [3.8, 4) is 11.1 Å². The number of benzene rings is 1. The molecule has 0 N–H and O–H groups in total. The van der Waals surface area contributed by atoms with Crippen LogP contribution in [0.25, 0.3) is 16.8 Å². The zero-order valence-corrected chi connectivity index (χ0v) is 12.3. The predicted molar refractivity (Wildman–Crippen MR) is 83.2 cm³/mol. The Bertz CT molecular complexity index is 887. The molecule has 0 unspecified atom stereocenters. The average molecular weight is 311 g/mol. The summed E-state index contributed by atoms with van der Waals surface area (Å²) in [6.07, 6.45) is 3.06. The summed E-state index contributed by atoms with van der Waals surface area (Å²) in [5, 5.41) is 11.5. The van der Waals surface area contributed by atoms with Crippen molar-refractivity contribution in [2.75, 3.05) is 6.61 Å². The van der Waals surface area contributed by atoms with Crippen molar-refractivity contribution in [3.63, 3.8) is 0 Å². The number of aromatic nitrogens is 2. The topological polar surface area (TPSA) is 86.7 Å². The highest BCUT2D eigenvalue weighted by Gasteiger charge is 2.24. The minimum absolute atomic E-state index is 0.0418. The van der Waals surface area contributed by atoms with E-state index in [4.69, 9.17) is 4.74 Å². The molecule has 116 valence electrons. The molecule has 0 fully saturated rings. The lowest BCUT2D eigenvalue weighted by Gasteiger charge is -2.04. The van der Waals surface area contributed by atoms with E-state index < -0.39 is 10.9 Å². The second-order valence-electron chi connectivity index (χ2n) is 4.78. The number of carbonyl (C=O) groups excluding carboxylic acids is 1. The number of nitrogens with zero attached hydrogens (tertiary/aromatic N) is 3. The Morgan fingerprint density at radius 3 is 2.70 bits per heavy atom. The molecule has 7 nitrogen and oxygen atoms in total. The Hall–Kier alpha value is -3.22. The molecule has 0 atom stereocenters. The summed E-state index contributed by atoms with van der Waals surface area (Å²) in [6, 6.07) is 10.7. The van der Waals surface area contributed by atoms with E-state index in [0.29, 0.717) is 11.1 Å². The molecule has 0 saturated heterocycles. The fourth-order valence-corrected chi connectivity index (χ4v) is 2.37. The number of pyridine rings is 1. The molecule has 23 heavy (non-hydrogen) atoms. The van der Waals surface area contributed by atoms with Gasteiger partial charge >= 0.3 is 11.7 Å². The number of hydrogen-bond acceptors (Lipinski definition) is 5. The maximum Gasteiger partial charge on any atom is 0.358 e. The van der Waals surface area contributed by atoms with Gasteiger partial charge in [0.2, 0.25) is 5.65 Å². The van der Waals surface area contributed by atoms with Crippen LogP contribution in [-0.2, 0) is 4.74 Å². The van der Waals surface area contributed by atoms with Gasteiger partial charge in [0.05, 0.1) is 17.1 Å². The van der Waals surface area contributed by atoms with E-state index in [1.165, 1.54) is 10.6 Å². The zero-order chi connectivity index (χ0) is 16.4. The number of rotatable bonds is 4. The second-order valence-corrected chi connectivity index (χ2v) is 4.78. The molecule has 7 heteroatoms. The van der Waals surface area contributed by atoms with Crippen LogP contribution >= 0.6 is 0 Å². The predicted octanol–water partition coefficient (Wildman–Crippen LogP) is 3.09. The number of imidazole rings is 1. The molecule has 0 radical (unpaired) electrons. The van der Waals surface area contributed by atoms with E-state index in [1.807, 2.05) is 6.07 Å². The van der Waals surface area contributed by atoms with Crippen LogP contribution < -0.4 is 0 Å². The van der Waals surface area contributed by atoms with E-state index in [2.05, 4.69) is 4.98 Å². The lowest BCUT2D eigenvalue weighted by Crippen LogP contribution is -2.04. The first kappa shape index (κ1) is 14.7. The minimum atomic E-state index is -0.605. The molecule has 1 aromatic carbocycles. The Balaban J connectivity index is 2.22. The van der Waals surface area contributed by atoms with Crippen LogP contribution in [0.2, 0.25) is 0 Å². The standard InChI is InChI=1S/C16H13N3O4/c1-2-23-16(20)13-10-18-9-8-12(11-6-4-3-5-7-11)14(19(21)22)15(18)17-13/h3-10H,2H2,1H3. The second kappa shape index (κ2) is 5.88. The Labute approximate surface area is 131 Å². The first-order chi connectivity index (χ1) is 11.1. The SMILES string of the molecule is CCOC(=O)c1cn2ccc(-c3ccccc3)c([N+](=O)[O-])c2n1. The van der Waals surface area contributed by atoms with E-state index in [1.54, 1.807) is 43.5 Å². The maximum atomic E-state index is 11.8. The lowest BCUT2D eigenvalue weighted by atomic mass is 10.1. The van der Waals surface area contributed by atoms with Gasteiger partial charge < -0.3 is 9.14 Å². The molecule has 0 bridgehead atoms. The molecule has 3 rings (SSSR count). The van der Waals surface area contributed by atoms with Crippen molar-refractivity contribution < 1.29 is 14.5 Å². The molecule has 0 aliphatic carbocycles. The third kappa shape index (κ3) is 2.64. The summed E-state index contributed by atoms with van der Waals surface area (Å²) in [7, 11) is 0. The van der Waals surface area contributed by atoms with Crippen molar-refractivity contribution in [1.29, 1.82) is 0 Å². The number of hydrogen-bond donors (Lipinski definition) is 0. The third-order valence-corrected chi connectivity index (χ3v) is 3.35. The van der Waals surface area contributed by atoms with Crippen molar-refractivity contribution in [3.05, 3.63) is 64.6 Å². The monoisotopic (exact) mass is 311 g/mol. The van der Waals surface area contributed by atoms with Crippen molar-refractivity contribution in [1.82, 2.24) is 9.38 Å². The van der Waals surface area contributed by atoms with E-state index >= 15 is 0 Å². The first-order valence-corrected chi connectivity index (χ1v) is 7.00. The number of ether oxygens (including phenoxy) is 1. The molecule has 0 spiro atoms. The summed E-state index contributed by atoms with van der Waals surface area (Å²) in [6.45, 7) is 1.90. The fraction of sp³-hybridized carbons (Fsp3) is 0.125. The summed E-state index contributed by atoms with van der Waals surface area (Å²) < 4.78 is 6.34. The first-order valence-electron chi connectivity index (χ1n) is 7.00. The molecule has 0 saturated carbocycles. The molecule has 0 amide bonds. The summed E-state index contributed by atoms with van der Waals surface area (Å²) >= 11 is 0. The number of fused-ring (bicyclic) bond motifs is 1. The summed E-state index contributed by atoms with van der Waals surface area (Å²) in [4.78, 5) is 26.9. The quantitative estimate of drug-likeness (QED) is 0.420. The number of carbonyl (C=O) groups is 1. The molecule has 2 aromatic heterocycles.